The lowest BCUT2D eigenvalue weighted by atomic mass is 10.0. The third kappa shape index (κ3) is 3.48. The van der Waals surface area contributed by atoms with Crippen molar-refractivity contribution in [2.24, 2.45) is 0 Å². The lowest BCUT2D eigenvalue weighted by Crippen LogP contribution is -2.37. The Hall–Kier alpha value is -3.57. The highest BCUT2D eigenvalue weighted by Crippen LogP contribution is 2.24. The molecule has 1 atom stereocenters. The molecule has 0 saturated carbocycles. The topological polar surface area (TPSA) is 105 Å². The molecule has 0 radical (unpaired) electrons. The van der Waals surface area contributed by atoms with Crippen LogP contribution in [0.4, 0.5) is 10.2 Å². The highest BCUT2D eigenvalue weighted by molar-refractivity contribution is 5.90. The third-order valence-corrected chi connectivity index (χ3v) is 4.82. The standard InChI is InChI=1S/C21H18FN5O2/c1-27-10-9-21(29,20(27)28)8-7-13-3-2-4-14(11-13)15-5-6-16-18(25-15)19(23)26-17(12-22)24-16/h2-6,11,29H,9-10,12H2,1H3,(H2,23,24,26). The molecule has 3 heterocycles. The summed E-state index contributed by atoms with van der Waals surface area (Å²) in [6, 6.07) is 10.7. The van der Waals surface area contributed by atoms with Gasteiger partial charge in [-0.1, -0.05) is 24.0 Å². The molecule has 1 aliphatic rings. The molecule has 0 aliphatic carbocycles. The van der Waals surface area contributed by atoms with Gasteiger partial charge in [0, 0.05) is 31.1 Å². The number of hydrogen-bond donors (Lipinski definition) is 2. The highest BCUT2D eigenvalue weighted by atomic mass is 19.1. The van der Waals surface area contributed by atoms with Crippen LogP contribution in [0.1, 0.15) is 17.8 Å². The van der Waals surface area contributed by atoms with Gasteiger partial charge in [0.2, 0.25) is 5.60 Å². The van der Waals surface area contributed by atoms with Crippen LogP contribution in [-0.4, -0.2) is 50.1 Å². The number of aliphatic hydroxyl groups is 1. The van der Waals surface area contributed by atoms with Crippen molar-refractivity contribution in [2.75, 3.05) is 19.3 Å². The van der Waals surface area contributed by atoms with Crippen LogP contribution in [0, 0.1) is 11.8 Å². The molecule has 4 rings (SSSR count). The third-order valence-electron chi connectivity index (χ3n) is 4.82. The lowest BCUT2D eigenvalue weighted by Gasteiger charge is -2.13. The number of aromatic nitrogens is 3. The highest BCUT2D eigenvalue weighted by Gasteiger charge is 2.42. The quantitative estimate of drug-likeness (QED) is 0.644. The number of anilines is 1. The van der Waals surface area contributed by atoms with Crippen LogP contribution in [0.2, 0.25) is 0 Å². The maximum absolute atomic E-state index is 12.8. The maximum Gasteiger partial charge on any atom is 0.267 e. The summed E-state index contributed by atoms with van der Waals surface area (Å²) < 4.78 is 12.8. The number of alkyl halides is 1. The summed E-state index contributed by atoms with van der Waals surface area (Å²) >= 11 is 0. The van der Waals surface area contributed by atoms with Crippen LogP contribution in [0.5, 0.6) is 0 Å². The lowest BCUT2D eigenvalue weighted by molar-refractivity contribution is -0.137. The number of halogens is 1. The van der Waals surface area contributed by atoms with E-state index < -0.39 is 12.3 Å². The SMILES string of the molecule is CN1CCC(O)(C#Cc2cccc(-c3ccc4nc(CF)nc(N)c4n3)c2)C1=O. The van der Waals surface area contributed by atoms with Crippen LogP contribution in [0.3, 0.4) is 0 Å². The normalized spacial score (nSPS) is 18.7. The van der Waals surface area contributed by atoms with Crippen molar-refractivity contribution in [3.63, 3.8) is 0 Å². The molecular weight excluding hydrogens is 373 g/mol. The van der Waals surface area contributed by atoms with E-state index in [1.807, 2.05) is 12.1 Å². The zero-order chi connectivity index (χ0) is 20.6. The Morgan fingerprint density at radius 2 is 2.10 bits per heavy atom. The Balaban J connectivity index is 1.69. The first kappa shape index (κ1) is 18.8. The fourth-order valence-corrected chi connectivity index (χ4v) is 3.21. The van der Waals surface area contributed by atoms with E-state index in [-0.39, 0.29) is 24.0 Å². The van der Waals surface area contributed by atoms with Crippen molar-refractivity contribution < 1.29 is 14.3 Å². The Kier molecular flexibility index (Phi) is 4.60. The monoisotopic (exact) mass is 391 g/mol. The Bertz CT molecular complexity index is 1190. The number of carbonyl (C=O) groups is 1. The van der Waals surface area contributed by atoms with Gasteiger partial charge in [-0.2, -0.15) is 0 Å². The molecule has 7 nitrogen and oxygen atoms in total. The van der Waals surface area contributed by atoms with Gasteiger partial charge in [-0.05, 0) is 24.3 Å². The van der Waals surface area contributed by atoms with Crippen molar-refractivity contribution in [2.45, 2.75) is 18.7 Å². The van der Waals surface area contributed by atoms with Crippen LogP contribution in [-0.2, 0) is 11.5 Å². The number of likely N-dealkylation sites (N-methyl/N-ethyl adjacent to an activating group) is 1. The van der Waals surface area contributed by atoms with Gasteiger partial charge in [0.25, 0.3) is 5.91 Å². The number of likely N-dealkylation sites (tertiary alicyclic amines) is 1. The Morgan fingerprint density at radius 1 is 1.28 bits per heavy atom. The molecule has 8 heteroatoms. The summed E-state index contributed by atoms with van der Waals surface area (Å²) in [6.07, 6.45) is 0.279. The van der Waals surface area contributed by atoms with Crippen LogP contribution < -0.4 is 5.73 Å². The van der Waals surface area contributed by atoms with E-state index in [1.165, 1.54) is 4.90 Å². The largest absolute Gasteiger partial charge is 0.382 e. The minimum absolute atomic E-state index is 0.0202. The second kappa shape index (κ2) is 7.11. The van der Waals surface area contributed by atoms with Crippen LogP contribution in [0.15, 0.2) is 36.4 Å². The summed E-state index contributed by atoms with van der Waals surface area (Å²) in [6.45, 7) is -0.327. The van der Waals surface area contributed by atoms with Crippen LogP contribution in [0.25, 0.3) is 22.3 Å². The van der Waals surface area contributed by atoms with E-state index in [1.54, 1.807) is 31.3 Å². The van der Waals surface area contributed by atoms with Gasteiger partial charge in [-0.15, -0.1) is 0 Å². The summed E-state index contributed by atoms with van der Waals surface area (Å²) in [5.41, 5.74) is 7.15. The zero-order valence-electron chi connectivity index (χ0n) is 15.7. The number of pyridine rings is 1. The smallest absolute Gasteiger partial charge is 0.267 e. The number of benzene rings is 1. The molecule has 1 amide bonds. The second-order valence-electron chi connectivity index (χ2n) is 6.89. The fourth-order valence-electron chi connectivity index (χ4n) is 3.21. The summed E-state index contributed by atoms with van der Waals surface area (Å²) in [7, 11) is 1.64. The molecule has 1 fully saturated rings. The molecule has 3 aromatic rings. The van der Waals surface area contributed by atoms with E-state index in [9.17, 15) is 14.3 Å². The molecule has 2 aromatic heterocycles. The summed E-state index contributed by atoms with van der Waals surface area (Å²) in [5, 5.41) is 10.4. The number of rotatable bonds is 2. The minimum Gasteiger partial charge on any atom is -0.382 e. The zero-order valence-corrected chi connectivity index (χ0v) is 15.7. The van der Waals surface area contributed by atoms with E-state index in [0.717, 1.165) is 5.56 Å². The first-order chi connectivity index (χ1) is 13.9. The first-order valence-corrected chi connectivity index (χ1v) is 9.00. The molecule has 1 aromatic carbocycles. The first-order valence-electron chi connectivity index (χ1n) is 9.00. The molecule has 3 N–H and O–H groups in total. The number of nitrogens with zero attached hydrogens (tertiary/aromatic N) is 4. The average Bonchev–Trinajstić information content (AvgIpc) is 3.00. The van der Waals surface area contributed by atoms with Crippen LogP contribution >= 0.6 is 0 Å². The van der Waals surface area contributed by atoms with Gasteiger partial charge in [-0.25, -0.2) is 19.3 Å². The molecular formula is C21H18FN5O2. The van der Waals surface area contributed by atoms with Crippen molar-refractivity contribution in [1.82, 2.24) is 19.9 Å². The predicted molar refractivity (Wildman–Crippen MR) is 106 cm³/mol. The Morgan fingerprint density at radius 3 is 2.83 bits per heavy atom. The van der Waals surface area contributed by atoms with Gasteiger partial charge in [0.1, 0.15) is 12.2 Å². The van der Waals surface area contributed by atoms with Crippen molar-refractivity contribution in [3.05, 3.63) is 47.8 Å². The molecule has 0 bridgehead atoms. The average molecular weight is 391 g/mol. The van der Waals surface area contributed by atoms with Gasteiger partial charge in [0.05, 0.1) is 11.2 Å². The number of fused-ring (bicyclic) bond motifs is 1. The van der Waals surface area contributed by atoms with Crippen molar-refractivity contribution in [3.8, 4) is 23.1 Å². The number of amides is 1. The van der Waals surface area contributed by atoms with E-state index in [2.05, 4.69) is 26.8 Å². The predicted octanol–water partition coefficient (Wildman–Crippen LogP) is 1.69. The number of nitrogens with two attached hydrogens (primary N) is 1. The van der Waals surface area contributed by atoms with Gasteiger partial charge >= 0.3 is 0 Å². The number of nitrogen functional groups attached to an aromatic ring is 1. The van der Waals surface area contributed by atoms with E-state index in [4.69, 9.17) is 5.73 Å². The van der Waals surface area contributed by atoms with E-state index >= 15 is 0 Å². The molecule has 1 unspecified atom stereocenters. The molecule has 1 saturated heterocycles. The van der Waals surface area contributed by atoms with Gasteiger partial charge in [0.15, 0.2) is 11.6 Å². The Labute approximate surface area is 166 Å². The summed E-state index contributed by atoms with van der Waals surface area (Å²) in [4.78, 5) is 26.0. The van der Waals surface area contributed by atoms with Gasteiger partial charge < -0.3 is 15.7 Å². The second-order valence-corrected chi connectivity index (χ2v) is 6.89. The minimum atomic E-state index is -1.65. The maximum atomic E-state index is 12.8. The van der Waals surface area contributed by atoms with Crippen molar-refractivity contribution in [1.29, 1.82) is 0 Å². The van der Waals surface area contributed by atoms with E-state index in [0.29, 0.717) is 28.8 Å². The molecule has 0 spiro atoms. The van der Waals surface area contributed by atoms with Crippen molar-refractivity contribution >= 4 is 22.8 Å². The number of carbonyl (C=O) groups excluding carboxylic acids is 1. The molecule has 146 valence electrons. The molecule has 29 heavy (non-hydrogen) atoms. The summed E-state index contributed by atoms with van der Waals surface area (Å²) in [5.74, 6) is 5.34. The van der Waals surface area contributed by atoms with Gasteiger partial charge in [-0.3, -0.25) is 4.79 Å². The number of hydrogen-bond acceptors (Lipinski definition) is 6. The molecule has 1 aliphatic heterocycles. The fraction of sp³-hybridized carbons (Fsp3) is 0.238.